The maximum absolute atomic E-state index is 11.0. The zero-order valence-corrected chi connectivity index (χ0v) is 13.4. The number of hydrogen-bond acceptors (Lipinski definition) is 5. The second-order valence-corrected chi connectivity index (χ2v) is 6.69. The fraction of sp³-hybridized carbons (Fsp3) is 0.600. The van der Waals surface area contributed by atoms with Crippen molar-refractivity contribution in [1.29, 1.82) is 0 Å². The van der Waals surface area contributed by atoms with Crippen LogP contribution in [0, 0.1) is 10.1 Å². The molecule has 0 aliphatic heterocycles. The van der Waals surface area contributed by atoms with Gasteiger partial charge in [0.2, 0.25) is 0 Å². The van der Waals surface area contributed by atoms with Gasteiger partial charge in [-0.05, 0) is 25.5 Å². The van der Waals surface area contributed by atoms with Crippen LogP contribution in [0.2, 0.25) is 0 Å². The van der Waals surface area contributed by atoms with Crippen LogP contribution in [-0.2, 0) is 0 Å². The van der Waals surface area contributed by atoms with Crippen LogP contribution in [0.1, 0.15) is 32.6 Å². The predicted octanol–water partition coefficient (Wildman–Crippen LogP) is 4.08. The van der Waals surface area contributed by atoms with Gasteiger partial charge in [0, 0.05) is 29.1 Å². The number of rotatable bonds is 8. The molecular weight excluding hydrogens is 288 g/mol. The maximum Gasteiger partial charge on any atom is 0.275 e. The van der Waals surface area contributed by atoms with E-state index in [2.05, 4.69) is 11.6 Å². The lowest BCUT2D eigenvalue weighted by atomic mass is 9.84. The van der Waals surface area contributed by atoms with Crippen molar-refractivity contribution in [3.63, 3.8) is 0 Å². The number of hydrogen-bond donors (Lipinski definition) is 1. The van der Waals surface area contributed by atoms with Gasteiger partial charge in [-0.25, -0.2) is 0 Å². The highest BCUT2D eigenvalue weighted by Crippen LogP contribution is 2.43. The summed E-state index contributed by atoms with van der Waals surface area (Å²) in [4.78, 5) is 10.6. The Morgan fingerprint density at radius 2 is 2.19 bits per heavy atom. The molecule has 0 bridgehead atoms. The number of nitro benzene ring substituents is 1. The number of nitro groups is 1. The first-order valence-electron chi connectivity index (χ1n) is 7.30. The molecule has 0 radical (unpaired) electrons. The molecule has 1 aliphatic rings. The summed E-state index contributed by atoms with van der Waals surface area (Å²) in [7, 11) is 0. The lowest BCUT2D eigenvalue weighted by Crippen LogP contribution is -2.40. The Bertz CT molecular complexity index is 498. The highest BCUT2D eigenvalue weighted by molar-refractivity contribution is 8.00. The molecule has 1 saturated carbocycles. The largest absolute Gasteiger partial charge is 0.493 e. The molecule has 1 N–H and O–H groups in total. The summed E-state index contributed by atoms with van der Waals surface area (Å²) < 4.78 is 5.82. The molecule has 0 heterocycles. The molecule has 5 nitrogen and oxygen atoms in total. The van der Waals surface area contributed by atoms with E-state index in [1.54, 1.807) is 6.07 Å². The average Bonchev–Trinajstić information content (AvgIpc) is 2.44. The minimum atomic E-state index is -0.377. The summed E-state index contributed by atoms with van der Waals surface area (Å²) >= 11 is 1.88. The molecule has 0 spiro atoms. The fourth-order valence-electron chi connectivity index (χ4n) is 2.38. The van der Waals surface area contributed by atoms with Crippen molar-refractivity contribution in [2.45, 2.75) is 37.4 Å². The quantitative estimate of drug-likeness (QED) is 0.579. The van der Waals surface area contributed by atoms with Crippen LogP contribution in [0.4, 0.5) is 11.4 Å². The molecule has 1 fully saturated rings. The van der Waals surface area contributed by atoms with Crippen molar-refractivity contribution in [2.75, 3.05) is 24.7 Å². The molecule has 6 heteroatoms. The van der Waals surface area contributed by atoms with Crippen LogP contribution in [-0.4, -0.2) is 29.1 Å². The lowest BCUT2D eigenvalue weighted by Gasteiger charge is -2.40. The smallest absolute Gasteiger partial charge is 0.275 e. The second kappa shape index (κ2) is 7.02. The third kappa shape index (κ3) is 4.03. The number of nitrogens with zero attached hydrogens (tertiary/aromatic N) is 1. The minimum absolute atomic E-state index is 0.0675. The summed E-state index contributed by atoms with van der Waals surface area (Å²) in [5.74, 6) is 0.556. The molecule has 116 valence electrons. The van der Waals surface area contributed by atoms with E-state index >= 15 is 0 Å². The number of thioether (sulfide) groups is 1. The van der Waals surface area contributed by atoms with E-state index in [0.717, 1.165) is 18.7 Å². The van der Waals surface area contributed by atoms with Gasteiger partial charge in [0.1, 0.15) is 5.75 Å². The molecule has 0 unspecified atom stereocenters. The monoisotopic (exact) mass is 310 g/mol. The zero-order valence-electron chi connectivity index (χ0n) is 12.6. The molecule has 21 heavy (non-hydrogen) atoms. The molecule has 0 amide bonds. The number of nitrogens with one attached hydrogen (secondary N) is 1. The molecule has 1 aliphatic carbocycles. The van der Waals surface area contributed by atoms with Crippen molar-refractivity contribution in [3.8, 4) is 5.75 Å². The zero-order chi connectivity index (χ0) is 15.3. The van der Waals surface area contributed by atoms with Crippen molar-refractivity contribution < 1.29 is 9.66 Å². The van der Waals surface area contributed by atoms with E-state index in [0.29, 0.717) is 12.4 Å². The Kier molecular flexibility index (Phi) is 5.33. The van der Waals surface area contributed by atoms with Gasteiger partial charge in [0.15, 0.2) is 0 Å². The predicted molar refractivity (Wildman–Crippen MR) is 87.5 cm³/mol. The van der Waals surface area contributed by atoms with Crippen LogP contribution in [0.25, 0.3) is 0 Å². The normalized spacial score (nSPS) is 16.1. The first kappa shape index (κ1) is 15.9. The van der Waals surface area contributed by atoms with E-state index in [1.165, 1.54) is 25.3 Å². The van der Waals surface area contributed by atoms with E-state index in [-0.39, 0.29) is 15.4 Å². The SMILES string of the molecule is CCCOc1cc(NCC2(SC)CCC2)cc([N+](=O)[O-])c1. The second-order valence-electron chi connectivity index (χ2n) is 5.42. The van der Waals surface area contributed by atoms with E-state index in [1.807, 2.05) is 24.8 Å². The van der Waals surface area contributed by atoms with Gasteiger partial charge in [0.25, 0.3) is 5.69 Å². The van der Waals surface area contributed by atoms with E-state index < -0.39 is 0 Å². The van der Waals surface area contributed by atoms with Crippen molar-refractivity contribution in [3.05, 3.63) is 28.3 Å². The van der Waals surface area contributed by atoms with Gasteiger partial charge in [-0.15, -0.1) is 0 Å². The third-order valence-electron chi connectivity index (χ3n) is 3.89. The Morgan fingerprint density at radius 3 is 2.71 bits per heavy atom. The molecule has 0 atom stereocenters. The van der Waals surface area contributed by atoms with Crippen LogP contribution in [0.15, 0.2) is 18.2 Å². The summed E-state index contributed by atoms with van der Waals surface area (Å²) in [5.41, 5.74) is 0.827. The Morgan fingerprint density at radius 1 is 1.43 bits per heavy atom. The topological polar surface area (TPSA) is 64.4 Å². The number of benzene rings is 1. The molecule has 0 saturated heterocycles. The van der Waals surface area contributed by atoms with Gasteiger partial charge >= 0.3 is 0 Å². The van der Waals surface area contributed by atoms with Crippen LogP contribution in [0.5, 0.6) is 5.75 Å². The molecule has 1 aromatic carbocycles. The van der Waals surface area contributed by atoms with E-state index in [9.17, 15) is 10.1 Å². The first-order valence-corrected chi connectivity index (χ1v) is 8.52. The van der Waals surface area contributed by atoms with Crippen molar-refractivity contribution in [1.82, 2.24) is 0 Å². The van der Waals surface area contributed by atoms with Crippen LogP contribution < -0.4 is 10.1 Å². The standard InChI is InChI=1S/C15H22N2O3S/c1-3-7-20-14-9-12(8-13(10-14)17(18)19)16-11-15(21-2)5-4-6-15/h8-10,16H,3-7,11H2,1-2H3. The van der Waals surface area contributed by atoms with Crippen molar-refractivity contribution >= 4 is 23.1 Å². The van der Waals surface area contributed by atoms with Gasteiger partial charge in [-0.2, -0.15) is 11.8 Å². The van der Waals surface area contributed by atoms with Crippen LogP contribution in [0.3, 0.4) is 0 Å². The lowest BCUT2D eigenvalue weighted by molar-refractivity contribution is -0.384. The molecule has 1 aromatic rings. The number of ether oxygens (including phenoxy) is 1. The summed E-state index contributed by atoms with van der Waals surface area (Å²) in [6, 6.07) is 4.90. The summed E-state index contributed by atoms with van der Waals surface area (Å²) in [6.45, 7) is 3.41. The highest BCUT2D eigenvalue weighted by atomic mass is 32.2. The van der Waals surface area contributed by atoms with E-state index in [4.69, 9.17) is 4.74 Å². The van der Waals surface area contributed by atoms with Gasteiger partial charge in [-0.1, -0.05) is 13.3 Å². The third-order valence-corrected chi connectivity index (χ3v) is 5.31. The van der Waals surface area contributed by atoms with Gasteiger partial charge < -0.3 is 10.1 Å². The van der Waals surface area contributed by atoms with Gasteiger partial charge in [-0.3, -0.25) is 10.1 Å². The molecular formula is C15H22N2O3S. The first-order chi connectivity index (χ1) is 10.1. The Balaban J connectivity index is 2.09. The molecule has 2 rings (SSSR count). The summed E-state index contributed by atoms with van der Waals surface area (Å²) in [5, 5.41) is 14.4. The minimum Gasteiger partial charge on any atom is -0.493 e. The Labute approximate surface area is 129 Å². The Hall–Kier alpha value is -1.43. The fourth-order valence-corrected chi connectivity index (χ4v) is 3.29. The van der Waals surface area contributed by atoms with Gasteiger partial charge in [0.05, 0.1) is 17.6 Å². The van der Waals surface area contributed by atoms with Crippen LogP contribution >= 0.6 is 11.8 Å². The summed E-state index contributed by atoms with van der Waals surface area (Å²) in [6.07, 6.45) is 6.68. The maximum atomic E-state index is 11.0. The van der Waals surface area contributed by atoms with Crippen molar-refractivity contribution in [2.24, 2.45) is 0 Å². The molecule has 0 aromatic heterocycles. The highest BCUT2D eigenvalue weighted by Gasteiger charge is 2.35. The average molecular weight is 310 g/mol. The number of anilines is 1. The number of non-ortho nitro benzene ring substituents is 1.